The van der Waals surface area contributed by atoms with Crippen molar-refractivity contribution in [2.24, 2.45) is 0 Å². The van der Waals surface area contributed by atoms with Crippen LogP contribution >= 0.6 is 11.6 Å². The predicted octanol–water partition coefficient (Wildman–Crippen LogP) is 5.50. The fraction of sp³-hybridized carbons (Fsp3) is 0.136. The summed E-state index contributed by atoms with van der Waals surface area (Å²) in [7, 11) is 1.61. The number of benzene rings is 3. The van der Waals surface area contributed by atoms with Crippen molar-refractivity contribution < 1.29 is 14.3 Å². The van der Waals surface area contributed by atoms with Gasteiger partial charge in [0.2, 0.25) is 5.91 Å². The van der Waals surface area contributed by atoms with E-state index in [1.165, 1.54) is 0 Å². The Morgan fingerprint density at radius 3 is 2.39 bits per heavy atom. The largest absolute Gasteiger partial charge is 0.495 e. The van der Waals surface area contributed by atoms with Crippen molar-refractivity contribution in [3.8, 4) is 11.5 Å². The topological polar surface area (TPSA) is 59.6 Å². The quantitative estimate of drug-likeness (QED) is 0.527. The van der Waals surface area contributed by atoms with Gasteiger partial charge >= 0.3 is 0 Å². The molecule has 144 valence electrons. The minimum Gasteiger partial charge on any atom is -0.495 e. The maximum Gasteiger partial charge on any atom is 0.227 e. The Labute approximate surface area is 169 Å². The molecule has 0 radical (unpaired) electrons. The van der Waals surface area contributed by atoms with Gasteiger partial charge in [0.25, 0.3) is 0 Å². The van der Waals surface area contributed by atoms with Crippen molar-refractivity contribution in [3.05, 3.63) is 77.8 Å². The standard InChI is InChI=1S/C22H21ClN2O3/c1-27-21-12-7-16(23)15-20(21)24-17-8-10-18(11-9-17)25-22(26)13-14-28-19-5-3-2-4-6-19/h2-12,15,24H,13-14H2,1H3,(H,25,26). The number of ether oxygens (including phenoxy) is 2. The highest BCUT2D eigenvalue weighted by molar-refractivity contribution is 6.31. The van der Waals surface area contributed by atoms with Crippen molar-refractivity contribution >= 4 is 34.6 Å². The zero-order valence-corrected chi connectivity index (χ0v) is 16.2. The van der Waals surface area contributed by atoms with Crippen molar-refractivity contribution in [3.63, 3.8) is 0 Å². The summed E-state index contributed by atoms with van der Waals surface area (Å²) in [5.41, 5.74) is 2.34. The number of para-hydroxylation sites is 1. The zero-order valence-electron chi connectivity index (χ0n) is 15.4. The molecule has 3 rings (SSSR count). The summed E-state index contributed by atoms with van der Waals surface area (Å²) < 4.78 is 10.9. The lowest BCUT2D eigenvalue weighted by atomic mass is 10.2. The van der Waals surface area contributed by atoms with Crippen LogP contribution in [0.15, 0.2) is 72.8 Å². The molecule has 6 heteroatoms. The molecular weight excluding hydrogens is 376 g/mol. The van der Waals surface area contributed by atoms with Gasteiger partial charge in [0.15, 0.2) is 0 Å². The molecule has 2 N–H and O–H groups in total. The molecule has 3 aromatic carbocycles. The highest BCUT2D eigenvalue weighted by Crippen LogP contribution is 2.30. The van der Waals surface area contributed by atoms with E-state index in [0.717, 1.165) is 17.1 Å². The molecule has 0 aliphatic carbocycles. The van der Waals surface area contributed by atoms with Gasteiger partial charge in [-0.3, -0.25) is 4.79 Å². The Bertz CT molecular complexity index is 915. The molecule has 0 spiro atoms. The van der Waals surface area contributed by atoms with E-state index in [4.69, 9.17) is 21.1 Å². The third-order valence-corrected chi connectivity index (χ3v) is 4.19. The average molecular weight is 397 g/mol. The smallest absolute Gasteiger partial charge is 0.227 e. The lowest BCUT2D eigenvalue weighted by Gasteiger charge is -2.12. The molecule has 0 fully saturated rings. The number of nitrogens with one attached hydrogen (secondary N) is 2. The van der Waals surface area contributed by atoms with Gasteiger partial charge in [-0.15, -0.1) is 0 Å². The van der Waals surface area contributed by atoms with Gasteiger partial charge in [-0.1, -0.05) is 29.8 Å². The van der Waals surface area contributed by atoms with Crippen LogP contribution in [0, 0.1) is 0 Å². The molecule has 0 heterocycles. The second-order valence-electron chi connectivity index (χ2n) is 6.01. The van der Waals surface area contributed by atoms with E-state index in [1.807, 2.05) is 54.6 Å². The van der Waals surface area contributed by atoms with Gasteiger partial charge < -0.3 is 20.1 Å². The lowest BCUT2D eigenvalue weighted by molar-refractivity contribution is -0.116. The van der Waals surface area contributed by atoms with Gasteiger partial charge in [-0.2, -0.15) is 0 Å². The first-order valence-electron chi connectivity index (χ1n) is 8.82. The van der Waals surface area contributed by atoms with Gasteiger partial charge in [-0.25, -0.2) is 0 Å². The summed E-state index contributed by atoms with van der Waals surface area (Å²) in [6.07, 6.45) is 0.272. The molecule has 5 nitrogen and oxygen atoms in total. The van der Waals surface area contributed by atoms with Crippen LogP contribution in [0.4, 0.5) is 17.1 Å². The Morgan fingerprint density at radius 2 is 1.68 bits per heavy atom. The molecule has 0 aliphatic heterocycles. The zero-order chi connectivity index (χ0) is 19.8. The molecule has 1 amide bonds. The molecular formula is C22H21ClN2O3. The third kappa shape index (κ3) is 5.66. The molecule has 0 bridgehead atoms. The molecule has 0 aromatic heterocycles. The summed E-state index contributed by atoms with van der Waals surface area (Å²) in [6, 6.07) is 22.2. The number of amides is 1. The highest BCUT2D eigenvalue weighted by Gasteiger charge is 2.06. The van der Waals surface area contributed by atoms with E-state index < -0.39 is 0 Å². The van der Waals surface area contributed by atoms with E-state index in [9.17, 15) is 4.79 Å². The summed E-state index contributed by atoms with van der Waals surface area (Å²) >= 11 is 6.05. The molecule has 0 atom stereocenters. The van der Waals surface area contributed by atoms with Crippen molar-refractivity contribution in [2.75, 3.05) is 24.4 Å². The molecule has 0 saturated heterocycles. The first-order chi connectivity index (χ1) is 13.6. The van der Waals surface area contributed by atoms with Crippen molar-refractivity contribution in [2.45, 2.75) is 6.42 Å². The average Bonchev–Trinajstić information content (AvgIpc) is 2.70. The van der Waals surface area contributed by atoms with Gasteiger partial charge in [0.1, 0.15) is 11.5 Å². The van der Waals surface area contributed by atoms with E-state index in [0.29, 0.717) is 23.1 Å². The number of halogens is 1. The summed E-state index contributed by atoms with van der Waals surface area (Å²) in [4.78, 5) is 12.1. The van der Waals surface area contributed by atoms with Crippen LogP contribution in [-0.4, -0.2) is 19.6 Å². The van der Waals surface area contributed by atoms with Gasteiger partial charge in [-0.05, 0) is 54.6 Å². The van der Waals surface area contributed by atoms with Crippen LogP contribution in [-0.2, 0) is 4.79 Å². The normalized spacial score (nSPS) is 10.2. The maximum atomic E-state index is 12.1. The number of methoxy groups -OCH3 is 1. The fourth-order valence-corrected chi connectivity index (χ4v) is 2.74. The summed E-state index contributed by atoms with van der Waals surface area (Å²) in [6.45, 7) is 0.323. The first-order valence-corrected chi connectivity index (χ1v) is 9.20. The van der Waals surface area contributed by atoms with Crippen LogP contribution in [0.25, 0.3) is 0 Å². The first kappa shape index (κ1) is 19.6. The Balaban J connectivity index is 1.51. The molecule has 28 heavy (non-hydrogen) atoms. The van der Waals surface area contributed by atoms with Crippen LogP contribution in [0.1, 0.15) is 6.42 Å². The lowest BCUT2D eigenvalue weighted by Crippen LogP contribution is -2.15. The second kappa shape index (κ2) is 9.67. The van der Waals surface area contributed by atoms with E-state index in [1.54, 1.807) is 25.3 Å². The third-order valence-electron chi connectivity index (χ3n) is 3.95. The number of hydrogen-bond acceptors (Lipinski definition) is 4. The Kier molecular flexibility index (Phi) is 6.76. The molecule has 0 unspecified atom stereocenters. The van der Waals surface area contributed by atoms with E-state index in [2.05, 4.69) is 10.6 Å². The highest BCUT2D eigenvalue weighted by atomic mass is 35.5. The van der Waals surface area contributed by atoms with Crippen LogP contribution < -0.4 is 20.1 Å². The van der Waals surface area contributed by atoms with Gasteiger partial charge in [0, 0.05) is 16.4 Å². The molecule has 3 aromatic rings. The van der Waals surface area contributed by atoms with Crippen molar-refractivity contribution in [1.82, 2.24) is 0 Å². The Hall–Kier alpha value is -3.18. The second-order valence-corrected chi connectivity index (χ2v) is 6.44. The van der Waals surface area contributed by atoms with Crippen LogP contribution in [0.2, 0.25) is 5.02 Å². The number of anilines is 3. The van der Waals surface area contributed by atoms with Crippen LogP contribution in [0.3, 0.4) is 0 Å². The monoisotopic (exact) mass is 396 g/mol. The van der Waals surface area contributed by atoms with Crippen LogP contribution in [0.5, 0.6) is 11.5 Å². The predicted molar refractivity (Wildman–Crippen MR) is 113 cm³/mol. The molecule has 0 saturated carbocycles. The van der Waals surface area contributed by atoms with E-state index in [-0.39, 0.29) is 12.3 Å². The fourth-order valence-electron chi connectivity index (χ4n) is 2.57. The van der Waals surface area contributed by atoms with Crippen molar-refractivity contribution in [1.29, 1.82) is 0 Å². The molecule has 0 aliphatic rings. The number of carbonyl (C=O) groups excluding carboxylic acids is 1. The SMILES string of the molecule is COc1ccc(Cl)cc1Nc1ccc(NC(=O)CCOc2ccccc2)cc1. The summed E-state index contributed by atoms with van der Waals surface area (Å²) in [5.74, 6) is 1.34. The van der Waals surface area contributed by atoms with Gasteiger partial charge in [0.05, 0.1) is 25.8 Å². The van der Waals surface area contributed by atoms with E-state index >= 15 is 0 Å². The minimum absolute atomic E-state index is 0.104. The number of rotatable bonds is 8. The number of carbonyl (C=O) groups is 1. The summed E-state index contributed by atoms with van der Waals surface area (Å²) in [5, 5.41) is 6.73. The Morgan fingerprint density at radius 1 is 0.964 bits per heavy atom. The number of hydrogen-bond donors (Lipinski definition) is 2. The maximum absolute atomic E-state index is 12.1. The minimum atomic E-state index is -0.104.